The fourth-order valence-corrected chi connectivity index (χ4v) is 8.22. The van der Waals surface area contributed by atoms with Gasteiger partial charge in [0.15, 0.2) is 0 Å². The zero-order chi connectivity index (χ0) is 32.4. The minimum atomic E-state index is -0.0604. The maximum absolute atomic E-state index is 2.41. The quantitative estimate of drug-likeness (QED) is 0.173. The van der Waals surface area contributed by atoms with Crippen LogP contribution in [0.25, 0.3) is 77.2 Å². The number of benzene rings is 8. The van der Waals surface area contributed by atoms with Crippen LogP contribution in [0, 0.1) is 6.92 Å². The number of aryl methyl sites for hydroxylation is 1. The lowest BCUT2D eigenvalue weighted by Crippen LogP contribution is -2.14. The van der Waals surface area contributed by atoms with E-state index in [0.29, 0.717) is 0 Å². The smallest absolute Gasteiger partial charge is 0.0159 e. The van der Waals surface area contributed by atoms with Gasteiger partial charge in [0.1, 0.15) is 0 Å². The normalized spacial score (nSPS) is 13.1. The third-order valence-corrected chi connectivity index (χ3v) is 10.5. The van der Waals surface area contributed by atoms with E-state index >= 15 is 0 Å². The Morgan fingerprint density at radius 2 is 0.854 bits per heavy atom. The molecule has 0 bridgehead atoms. The van der Waals surface area contributed by atoms with E-state index in [2.05, 4.69) is 185 Å². The summed E-state index contributed by atoms with van der Waals surface area (Å²) < 4.78 is 0. The summed E-state index contributed by atoms with van der Waals surface area (Å²) in [5.74, 6) is 0. The molecule has 1 aliphatic carbocycles. The van der Waals surface area contributed by atoms with Gasteiger partial charge in [0.25, 0.3) is 0 Å². The van der Waals surface area contributed by atoms with Crippen molar-refractivity contribution in [1.29, 1.82) is 0 Å². The van der Waals surface area contributed by atoms with Crippen LogP contribution in [0.1, 0.15) is 30.5 Å². The van der Waals surface area contributed by atoms with Crippen LogP contribution in [0.4, 0.5) is 0 Å². The first-order chi connectivity index (χ1) is 23.5. The molecule has 0 spiro atoms. The molecule has 48 heavy (non-hydrogen) atoms. The Kier molecular flexibility index (Phi) is 6.49. The number of hydrogen-bond acceptors (Lipinski definition) is 0. The van der Waals surface area contributed by atoms with Crippen LogP contribution in [0.5, 0.6) is 0 Å². The highest BCUT2D eigenvalue weighted by molar-refractivity contribution is 6.23. The van der Waals surface area contributed by atoms with Gasteiger partial charge >= 0.3 is 0 Å². The van der Waals surface area contributed by atoms with Gasteiger partial charge in [-0.05, 0) is 113 Å². The molecule has 0 amide bonds. The van der Waals surface area contributed by atoms with E-state index in [-0.39, 0.29) is 5.41 Å². The number of hydrogen-bond donors (Lipinski definition) is 0. The molecule has 0 saturated heterocycles. The number of fused-ring (bicyclic) bond motifs is 5. The zero-order valence-electron chi connectivity index (χ0n) is 27.6. The second kappa shape index (κ2) is 10.9. The van der Waals surface area contributed by atoms with Crippen LogP contribution < -0.4 is 0 Å². The van der Waals surface area contributed by atoms with Crippen LogP contribution in [0.3, 0.4) is 0 Å². The summed E-state index contributed by atoms with van der Waals surface area (Å²) >= 11 is 0. The molecule has 0 nitrogen and oxygen atoms in total. The van der Waals surface area contributed by atoms with E-state index in [4.69, 9.17) is 0 Å². The Morgan fingerprint density at radius 1 is 0.333 bits per heavy atom. The van der Waals surface area contributed by atoms with Gasteiger partial charge < -0.3 is 0 Å². The Bertz CT molecular complexity index is 2460. The SMILES string of the molecule is Cc1ccc2c(-c3cc(-c4ccccc4)cc(-c4ccccc4)c3)c3ccccc3c(-c3cccc4c3-c3ccccc3C4(C)C)c2c1. The molecule has 0 heteroatoms. The molecule has 1 aliphatic rings. The molecule has 0 aliphatic heterocycles. The highest BCUT2D eigenvalue weighted by Crippen LogP contribution is 2.54. The van der Waals surface area contributed by atoms with E-state index in [9.17, 15) is 0 Å². The highest BCUT2D eigenvalue weighted by Gasteiger charge is 2.37. The molecule has 0 N–H and O–H groups in total. The summed E-state index contributed by atoms with van der Waals surface area (Å²) in [6, 6.07) is 60.7. The van der Waals surface area contributed by atoms with Crippen LogP contribution in [0.2, 0.25) is 0 Å². The average molecular weight is 613 g/mol. The topological polar surface area (TPSA) is 0 Å². The predicted molar refractivity (Wildman–Crippen MR) is 205 cm³/mol. The Hall–Kier alpha value is -5.72. The van der Waals surface area contributed by atoms with Gasteiger partial charge in [0.2, 0.25) is 0 Å². The first kappa shape index (κ1) is 28.5. The molecule has 0 aromatic heterocycles. The third kappa shape index (κ3) is 4.37. The van der Waals surface area contributed by atoms with Crippen molar-refractivity contribution in [2.75, 3.05) is 0 Å². The van der Waals surface area contributed by atoms with E-state index in [1.54, 1.807) is 0 Å². The summed E-state index contributed by atoms with van der Waals surface area (Å²) in [7, 11) is 0. The Labute approximate surface area is 283 Å². The van der Waals surface area contributed by atoms with E-state index in [1.165, 1.54) is 93.9 Å². The maximum Gasteiger partial charge on any atom is 0.0159 e. The Balaban J connectivity index is 1.40. The minimum absolute atomic E-state index is 0.0604. The van der Waals surface area contributed by atoms with E-state index in [0.717, 1.165) is 0 Å². The molecule has 0 radical (unpaired) electrons. The van der Waals surface area contributed by atoms with Crippen molar-refractivity contribution in [2.45, 2.75) is 26.2 Å². The lowest BCUT2D eigenvalue weighted by Gasteiger charge is -2.23. The van der Waals surface area contributed by atoms with Crippen LogP contribution in [-0.4, -0.2) is 0 Å². The molecule has 0 atom stereocenters. The van der Waals surface area contributed by atoms with Crippen LogP contribution >= 0.6 is 0 Å². The summed E-state index contributed by atoms with van der Waals surface area (Å²) in [5.41, 5.74) is 16.8. The summed E-state index contributed by atoms with van der Waals surface area (Å²) in [4.78, 5) is 0. The molecular weight excluding hydrogens is 577 g/mol. The molecule has 0 heterocycles. The molecule has 228 valence electrons. The van der Waals surface area contributed by atoms with Gasteiger partial charge in [-0.2, -0.15) is 0 Å². The van der Waals surface area contributed by atoms with Crippen molar-refractivity contribution in [3.05, 3.63) is 180 Å². The summed E-state index contributed by atoms with van der Waals surface area (Å²) in [6.45, 7) is 6.96. The minimum Gasteiger partial charge on any atom is -0.0622 e. The summed E-state index contributed by atoms with van der Waals surface area (Å²) in [5, 5.41) is 5.14. The fourth-order valence-electron chi connectivity index (χ4n) is 8.22. The van der Waals surface area contributed by atoms with Crippen LogP contribution in [0.15, 0.2) is 164 Å². The zero-order valence-corrected chi connectivity index (χ0v) is 27.6. The first-order valence-corrected chi connectivity index (χ1v) is 16.9. The molecule has 0 saturated carbocycles. The first-order valence-electron chi connectivity index (χ1n) is 16.9. The van der Waals surface area contributed by atoms with Gasteiger partial charge in [-0.3, -0.25) is 0 Å². The molecule has 0 unspecified atom stereocenters. The summed E-state index contributed by atoms with van der Waals surface area (Å²) in [6.07, 6.45) is 0. The van der Waals surface area contributed by atoms with Gasteiger partial charge in [-0.15, -0.1) is 0 Å². The van der Waals surface area contributed by atoms with Crippen molar-refractivity contribution in [3.63, 3.8) is 0 Å². The maximum atomic E-state index is 2.41. The van der Waals surface area contributed by atoms with Gasteiger partial charge in [-0.1, -0.05) is 165 Å². The predicted octanol–water partition coefficient (Wildman–Crippen LogP) is 13.3. The second-order valence-corrected chi connectivity index (χ2v) is 13.8. The van der Waals surface area contributed by atoms with Crippen molar-refractivity contribution in [1.82, 2.24) is 0 Å². The third-order valence-electron chi connectivity index (χ3n) is 10.5. The molecule has 0 fully saturated rings. The van der Waals surface area contributed by atoms with Crippen molar-refractivity contribution in [3.8, 4) is 55.6 Å². The average Bonchev–Trinajstić information content (AvgIpc) is 3.37. The fraction of sp³-hybridized carbons (Fsp3) is 0.0833. The van der Waals surface area contributed by atoms with Gasteiger partial charge in [-0.25, -0.2) is 0 Å². The van der Waals surface area contributed by atoms with Gasteiger partial charge in [0, 0.05) is 5.41 Å². The molecular formula is C48H36. The largest absolute Gasteiger partial charge is 0.0622 e. The van der Waals surface area contributed by atoms with Gasteiger partial charge in [0.05, 0.1) is 0 Å². The lowest BCUT2D eigenvalue weighted by molar-refractivity contribution is 0.660. The van der Waals surface area contributed by atoms with Crippen molar-refractivity contribution in [2.24, 2.45) is 0 Å². The molecule has 8 aromatic carbocycles. The molecule has 8 aromatic rings. The van der Waals surface area contributed by atoms with E-state index < -0.39 is 0 Å². The van der Waals surface area contributed by atoms with E-state index in [1.807, 2.05) is 0 Å². The monoisotopic (exact) mass is 612 g/mol. The standard InChI is InChI=1S/C48H36/c1-31-25-26-39-42(27-31)46(41-22-14-24-44-47(41)40-21-12-13-23-43(40)48(44,2)3)38-20-11-10-19-37(38)45(39)36-29-34(32-15-6-4-7-16-32)28-35(30-36)33-17-8-5-9-18-33/h4-30H,1-3H3. The van der Waals surface area contributed by atoms with Crippen molar-refractivity contribution < 1.29 is 0 Å². The molecule has 9 rings (SSSR count). The highest BCUT2D eigenvalue weighted by atomic mass is 14.4. The Morgan fingerprint density at radius 3 is 1.54 bits per heavy atom. The van der Waals surface area contributed by atoms with Crippen LogP contribution in [-0.2, 0) is 5.41 Å². The second-order valence-electron chi connectivity index (χ2n) is 13.8. The van der Waals surface area contributed by atoms with Crippen molar-refractivity contribution >= 4 is 21.5 Å². The lowest BCUT2D eigenvalue weighted by atomic mass is 9.80. The number of rotatable bonds is 4.